The van der Waals surface area contributed by atoms with Gasteiger partial charge in [-0.2, -0.15) is 0 Å². The largest absolute Gasteiger partial charge is 0.463 e. The van der Waals surface area contributed by atoms with Crippen molar-refractivity contribution < 1.29 is 33.3 Å². The number of esters is 2. The molecule has 4 aliphatic carbocycles. The molecular weight excluding hydrogens is 580 g/mol. The summed E-state index contributed by atoms with van der Waals surface area (Å²) in [4.78, 5) is 23.0. The van der Waals surface area contributed by atoms with E-state index in [9.17, 15) is 9.59 Å². The molecule has 7 nitrogen and oxygen atoms in total. The van der Waals surface area contributed by atoms with Gasteiger partial charge >= 0.3 is 11.9 Å². The zero-order valence-electron chi connectivity index (χ0n) is 29.4. The molecule has 10 atom stereocenters. The van der Waals surface area contributed by atoms with Crippen LogP contribution in [0.1, 0.15) is 119 Å². The normalized spacial score (nSPS) is 38.7. The molecule has 1 unspecified atom stereocenters. The average Bonchev–Trinajstić information content (AvgIpc) is 3.37. The van der Waals surface area contributed by atoms with Crippen LogP contribution in [0.2, 0.25) is 0 Å². The zero-order valence-corrected chi connectivity index (χ0v) is 29.4. The number of allylic oxidation sites excluding steroid dienone is 3. The van der Waals surface area contributed by atoms with Crippen molar-refractivity contribution in [1.29, 1.82) is 0 Å². The molecular formula is C39H60O7. The minimum atomic E-state index is -0.605. The van der Waals surface area contributed by atoms with Gasteiger partial charge in [0.25, 0.3) is 0 Å². The van der Waals surface area contributed by atoms with Crippen molar-refractivity contribution in [3.8, 4) is 0 Å². The number of hydrogen-bond acceptors (Lipinski definition) is 7. The second-order valence-electron chi connectivity index (χ2n) is 15.3. The lowest BCUT2D eigenvalue weighted by Crippen LogP contribution is -2.51. The van der Waals surface area contributed by atoms with E-state index in [1.807, 2.05) is 6.08 Å². The molecule has 0 N–H and O–H groups in total. The van der Waals surface area contributed by atoms with Crippen molar-refractivity contribution >= 4 is 11.9 Å². The number of carbonyl (C=O) groups excluding carboxylic acids is 2. The van der Waals surface area contributed by atoms with Gasteiger partial charge in [-0.15, -0.1) is 0 Å². The molecule has 0 amide bonds. The molecule has 1 heterocycles. The van der Waals surface area contributed by atoms with Crippen molar-refractivity contribution in [3.05, 3.63) is 35.5 Å². The molecule has 46 heavy (non-hydrogen) atoms. The van der Waals surface area contributed by atoms with Crippen molar-refractivity contribution in [2.45, 2.75) is 143 Å². The highest BCUT2D eigenvalue weighted by Crippen LogP contribution is 2.67. The first-order valence-corrected chi connectivity index (χ1v) is 18.3. The molecule has 5 rings (SSSR count). The van der Waals surface area contributed by atoms with Crippen LogP contribution in [-0.2, 0) is 33.3 Å². The average molecular weight is 641 g/mol. The van der Waals surface area contributed by atoms with E-state index in [1.54, 1.807) is 17.2 Å². The molecule has 258 valence electrons. The molecule has 0 radical (unpaired) electrons. The third-order valence-electron chi connectivity index (χ3n) is 12.4. The summed E-state index contributed by atoms with van der Waals surface area (Å²) < 4.78 is 28.9. The Bertz CT molecular complexity index is 1160. The number of hydrogen-bond donors (Lipinski definition) is 0. The maximum absolute atomic E-state index is 11.6. The molecule has 5 aliphatic rings. The van der Waals surface area contributed by atoms with Crippen LogP contribution in [0.15, 0.2) is 35.5 Å². The summed E-state index contributed by atoms with van der Waals surface area (Å²) in [5, 5.41) is 0. The Labute approximate surface area is 277 Å². The standard InChI is InChI=1S/C39H60O7/c1-7-22-42-23-10-8-9-11-26(2)32-14-15-33-31-13-12-29-24-30(18-20-38(29,5)34(31)19-21-39(32,33)6)45-37-17-16-35(44-28(4)41)36(46-37)25-43-27(3)40/h11-12,16-17,30-37H,7-10,13-15,18-25H2,1-6H3/b26-11+/t30-,31-,32+,33-,34-,35-,36+,37?,38-,39+/m0/s1. The van der Waals surface area contributed by atoms with Gasteiger partial charge in [-0.05, 0) is 131 Å². The Morgan fingerprint density at radius 1 is 0.978 bits per heavy atom. The quantitative estimate of drug-likeness (QED) is 0.114. The molecule has 1 aliphatic heterocycles. The molecule has 0 aromatic heterocycles. The summed E-state index contributed by atoms with van der Waals surface area (Å²) in [6.45, 7) is 14.3. The van der Waals surface area contributed by atoms with Crippen LogP contribution in [0.5, 0.6) is 0 Å². The minimum Gasteiger partial charge on any atom is -0.463 e. The molecule has 0 aromatic rings. The summed E-state index contributed by atoms with van der Waals surface area (Å²) in [7, 11) is 0. The van der Waals surface area contributed by atoms with E-state index in [0.29, 0.717) is 5.41 Å². The molecule has 0 bridgehead atoms. The summed E-state index contributed by atoms with van der Waals surface area (Å²) >= 11 is 0. The Hall–Kier alpha value is -1.96. The Morgan fingerprint density at radius 3 is 2.57 bits per heavy atom. The van der Waals surface area contributed by atoms with Crippen molar-refractivity contribution in [2.24, 2.45) is 34.5 Å². The molecule has 0 saturated heterocycles. The van der Waals surface area contributed by atoms with Crippen molar-refractivity contribution in [1.82, 2.24) is 0 Å². The SMILES string of the molecule is CCCOCCCC/C=C(\C)[C@H]1CC[C@H]2[C@@H]3CC=C4C[C@@H](OC5C=C[C@H](OC(C)=O)[C@@H](COC(C)=O)O5)CC[C@]4(C)[C@H]3CC[C@]12C. The van der Waals surface area contributed by atoms with Gasteiger partial charge in [-0.1, -0.05) is 44.1 Å². The third kappa shape index (κ3) is 7.84. The highest BCUT2D eigenvalue weighted by Gasteiger charge is 2.58. The zero-order chi connectivity index (χ0) is 32.9. The highest BCUT2D eigenvalue weighted by molar-refractivity contribution is 5.66. The smallest absolute Gasteiger partial charge is 0.303 e. The van der Waals surface area contributed by atoms with E-state index >= 15 is 0 Å². The number of rotatable bonds is 13. The third-order valence-corrected chi connectivity index (χ3v) is 12.4. The lowest BCUT2D eigenvalue weighted by molar-refractivity contribution is -0.213. The summed E-state index contributed by atoms with van der Waals surface area (Å²) in [5.41, 5.74) is 3.89. The van der Waals surface area contributed by atoms with Crippen molar-refractivity contribution in [3.63, 3.8) is 0 Å². The Balaban J connectivity index is 1.18. The minimum absolute atomic E-state index is 0.0131. The Morgan fingerprint density at radius 2 is 1.80 bits per heavy atom. The topological polar surface area (TPSA) is 80.3 Å². The lowest BCUT2D eigenvalue weighted by atomic mass is 9.47. The monoisotopic (exact) mass is 640 g/mol. The molecule has 3 saturated carbocycles. The summed E-state index contributed by atoms with van der Waals surface area (Å²) in [6.07, 6.45) is 21.4. The van der Waals surface area contributed by atoms with Crippen LogP contribution >= 0.6 is 0 Å². The molecule has 0 spiro atoms. The fourth-order valence-electron chi connectivity index (χ4n) is 10.1. The predicted octanol–water partition coefficient (Wildman–Crippen LogP) is 8.27. The van der Waals surface area contributed by atoms with Crippen LogP contribution in [-0.4, -0.2) is 56.4 Å². The van der Waals surface area contributed by atoms with E-state index in [2.05, 4.69) is 39.8 Å². The first-order chi connectivity index (χ1) is 22.0. The van der Waals surface area contributed by atoms with Crippen LogP contribution < -0.4 is 0 Å². The number of carbonyl (C=O) groups is 2. The van der Waals surface area contributed by atoms with E-state index in [-0.39, 0.29) is 18.1 Å². The number of ether oxygens (including phenoxy) is 5. The van der Waals surface area contributed by atoms with Crippen LogP contribution in [0, 0.1) is 34.5 Å². The maximum atomic E-state index is 11.6. The van der Waals surface area contributed by atoms with Gasteiger partial charge in [0.1, 0.15) is 18.8 Å². The highest BCUT2D eigenvalue weighted by atomic mass is 16.7. The number of unbranched alkanes of at least 4 members (excludes halogenated alkanes) is 2. The van der Waals surface area contributed by atoms with E-state index in [1.165, 1.54) is 58.8 Å². The molecule has 0 aromatic carbocycles. The van der Waals surface area contributed by atoms with Crippen LogP contribution in [0.25, 0.3) is 0 Å². The number of fused-ring (bicyclic) bond motifs is 5. The predicted molar refractivity (Wildman–Crippen MR) is 179 cm³/mol. The maximum Gasteiger partial charge on any atom is 0.303 e. The van der Waals surface area contributed by atoms with Gasteiger partial charge in [0.2, 0.25) is 0 Å². The fourth-order valence-corrected chi connectivity index (χ4v) is 10.1. The van der Waals surface area contributed by atoms with E-state index in [0.717, 1.165) is 69.0 Å². The van der Waals surface area contributed by atoms with Gasteiger partial charge in [-0.3, -0.25) is 9.59 Å². The van der Waals surface area contributed by atoms with Gasteiger partial charge in [0.05, 0.1) is 6.10 Å². The lowest BCUT2D eigenvalue weighted by Gasteiger charge is -2.58. The first-order valence-electron chi connectivity index (χ1n) is 18.3. The van der Waals surface area contributed by atoms with E-state index < -0.39 is 30.4 Å². The summed E-state index contributed by atoms with van der Waals surface area (Å²) in [5.74, 6) is 2.27. The van der Waals surface area contributed by atoms with Gasteiger partial charge in [-0.25, -0.2) is 0 Å². The van der Waals surface area contributed by atoms with Gasteiger partial charge in [0.15, 0.2) is 6.29 Å². The van der Waals surface area contributed by atoms with Crippen LogP contribution in [0.3, 0.4) is 0 Å². The van der Waals surface area contributed by atoms with Gasteiger partial charge < -0.3 is 23.7 Å². The van der Waals surface area contributed by atoms with Crippen LogP contribution in [0.4, 0.5) is 0 Å². The second kappa shape index (κ2) is 15.5. The fraction of sp³-hybridized carbons (Fsp3) is 0.795. The molecule has 7 heteroatoms. The van der Waals surface area contributed by atoms with E-state index in [4.69, 9.17) is 23.7 Å². The van der Waals surface area contributed by atoms with Gasteiger partial charge in [0, 0.05) is 27.1 Å². The second-order valence-corrected chi connectivity index (χ2v) is 15.3. The molecule has 3 fully saturated rings. The first kappa shape index (κ1) is 35.3. The Kier molecular flexibility index (Phi) is 11.9. The van der Waals surface area contributed by atoms with Crippen molar-refractivity contribution in [2.75, 3.05) is 19.8 Å². The summed E-state index contributed by atoms with van der Waals surface area (Å²) in [6, 6.07) is 0.